The van der Waals surface area contributed by atoms with Crippen LogP contribution in [0.15, 0.2) is 0 Å². The molecule has 1 rings (SSSR count). The molecule has 84 valence electrons. The first-order chi connectivity index (χ1) is 6.79. The summed E-state index contributed by atoms with van der Waals surface area (Å²) in [4.78, 5) is 2.53. The molecule has 0 saturated heterocycles. The van der Waals surface area contributed by atoms with E-state index in [4.69, 9.17) is 0 Å². The third kappa shape index (κ3) is 2.48. The molecular formula is C12H25NO. The van der Waals surface area contributed by atoms with Gasteiger partial charge in [-0.3, -0.25) is 4.90 Å². The van der Waals surface area contributed by atoms with Crippen molar-refractivity contribution < 1.29 is 5.11 Å². The second kappa shape index (κ2) is 5.72. The maximum Gasteiger partial charge on any atom is 0.0615 e. The van der Waals surface area contributed by atoms with Crippen LogP contribution in [0.1, 0.15) is 52.4 Å². The first kappa shape index (κ1) is 12.0. The third-order valence-corrected chi connectivity index (χ3v) is 3.49. The highest BCUT2D eigenvalue weighted by Crippen LogP contribution is 2.35. The highest BCUT2D eigenvalue weighted by Gasteiger charge is 2.37. The second-order valence-electron chi connectivity index (χ2n) is 4.58. The fourth-order valence-electron chi connectivity index (χ4n) is 2.73. The summed E-state index contributed by atoms with van der Waals surface area (Å²) in [6.45, 7) is 7.10. The van der Waals surface area contributed by atoms with E-state index in [0.717, 1.165) is 13.1 Å². The van der Waals surface area contributed by atoms with Crippen LogP contribution in [0.25, 0.3) is 0 Å². The Labute approximate surface area is 88.3 Å². The molecule has 0 aromatic heterocycles. The van der Waals surface area contributed by atoms with Crippen LogP contribution in [0, 0.1) is 0 Å². The van der Waals surface area contributed by atoms with Crippen LogP contribution in [0.2, 0.25) is 0 Å². The molecule has 0 aromatic rings. The second-order valence-corrected chi connectivity index (χ2v) is 4.58. The lowest BCUT2D eigenvalue weighted by Gasteiger charge is -2.40. The van der Waals surface area contributed by atoms with E-state index < -0.39 is 0 Å². The van der Waals surface area contributed by atoms with E-state index in [1.807, 2.05) is 0 Å². The van der Waals surface area contributed by atoms with Crippen molar-refractivity contribution in [1.29, 1.82) is 0 Å². The van der Waals surface area contributed by atoms with Gasteiger partial charge in [-0.15, -0.1) is 0 Å². The summed E-state index contributed by atoms with van der Waals surface area (Å²) in [5.74, 6) is 0. The van der Waals surface area contributed by atoms with Gasteiger partial charge in [-0.1, -0.05) is 26.7 Å². The number of hydrogen-bond acceptors (Lipinski definition) is 2. The van der Waals surface area contributed by atoms with Gasteiger partial charge in [0.25, 0.3) is 0 Å². The minimum atomic E-state index is 0.145. The molecule has 1 saturated carbocycles. The summed E-state index contributed by atoms with van der Waals surface area (Å²) in [7, 11) is 0. The number of nitrogens with zero attached hydrogens (tertiary/aromatic N) is 1. The van der Waals surface area contributed by atoms with Crippen molar-refractivity contribution in [3.05, 3.63) is 0 Å². The monoisotopic (exact) mass is 199 g/mol. The Kier molecular flexibility index (Phi) is 4.90. The molecule has 1 aliphatic rings. The van der Waals surface area contributed by atoms with Gasteiger partial charge in [0.2, 0.25) is 0 Å². The van der Waals surface area contributed by atoms with E-state index in [1.54, 1.807) is 0 Å². The Bertz CT molecular complexity index is 146. The van der Waals surface area contributed by atoms with Crippen LogP contribution in [0.5, 0.6) is 0 Å². The maximum absolute atomic E-state index is 9.60. The smallest absolute Gasteiger partial charge is 0.0615 e. The summed E-state index contributed by atoms with van der Waals surface area (Å²) in [6.07, 6.45) is 7.38. The fourth-order valence-corrected chi connectivity index (χ4v) is 2.73. The molecule has 0 spiro atoms. The minimum Gasteiger partial charge on any atom is -0.394 e. The van der Waals surface area contributed by atoms with Crippen molar-refractivity contribution in [1.82, 2.24) is 4.90 Å². The topological polar surface area (TPSA) is 23.5 Å². The Morgan fingerprint density at radius 1 is 1.07 bits per heavy atom. The van der Waals surface area contributed by atoms with E-state index >= 15 is 0 Å². The zero-order valence-corrected chi connectivity index (χ0v) is 9.76. The molecular weight excluding hydrogens is 174 g/mol. The van der Waals surface area contributed by atoms with Crippen molar-refractivity contribution in [3.8, 4) is 0 Å². The van der Waals surface area contributed by atoms with Crippen LogP contribution < -0.4 is 0 Å². The van der Waals surface area contributed by atoms with Crippen molar-refractivity contribution in [3.63, 3.8) is 0 Å². The zero-order chi connectivity index (χ0) is 10.4. The van der Waals surface area contributed by atoms with Crippen molar-refractivity contribution in [2.24, 2.45) is 0 Å². The summed E-state index contributed by atoms with van der Waals surface area (Å²) in [6, 6.07) is 0. The fraction of sp³-hybridized carbons (Fsp3) is 1.00. The van der Waals surface area contributed by atoms with Gasteiger partial charge in [-0.2, -0.15) is 0 Å². The molecule has 1 aliphatic carbocycles. The van der Waals surface area contributed by atoms with E-state index in [0.29, 0.717) is 6.61 Å². The molecule has 0 unspecified atom stereocenters. The molecule has 0 amide bonds. The largest absolute Gasteiger partial charge is 0.394 e. The van der Waals surface area contributed by atoms with Gasteiger partial charge >= 0.3 is 0 Å². The number of hydrogen-bond donors (Lipinski definition) is 1. The first-order valence-corrected chi connectivity index (χ1v) is 6.15. The summed E-state index contributed by atoms with van der Waals surface area (Å²) in [5, 5.41) is 9.60. The number of aliphatic hydroxyl groups is 1. The lowest BCUT2D eigenvalue weighted by Crippen LogP contribution is -2.50. The minimum absolute atomic E-state index is 0.145. The Morgan fingerprint density at radius 3 is 1.93 bits per heavy atom. The molecule has 0 aliphatic heterocycles. The van der Waals surface area contributed by atoms with Gasteiger partial charge in [-0.05, 0) is 38.8 Å². The number of aliphatic hydroxyl groups excluding tert-OH is 1. The van der Waals surface area contributed by atoms with Crippen LogP contribution in [-0.2, 0) is 0 Å². The Balaban J connectivity index is 2.61. The van der Waals surface area contributed by atoms with Crippen LogP contribution in [-0.4, -0.2) is 35.2 Å². The van der Waals surface area contributed by atoms with Crippen LogP contribution in [0.3, 0.4) is 0 Å². The SMILES string of the molecule is CCCN(CCC)C1(CO)CCCC1. The van der Waals surface area contributed by atoms with Crippen molar-refractivity contribution >= 4 is 0 Å². The molecule has 1 fully saturated rings. The van der Waals surface area contributed by atoms with E-state index in [-0.39, 0.29) is 5.54 Å². The number of rotatable bonds is 6. The molecule has 0 radical (unpaired) electrons. The molecule has 1 N–H and O–H groups in total. The predicted molar refractivity (Wildman–Crippen MR) is 60.4 cm³/mol. The van der Waals surface area contributed by atoms with Crippen molar-refractivity contribution in [2.75, 3.05) is 19.7 Å². The summed E-state index contributed by atoms with van der Waals surface area (Å²) < 4.78 is 0. The highest BCUT2D eigenvalue weighted by molar-refractivity contribution is 4.94. The first-order valence-electron chi connectivity index (χ1n) is 6.15. The van der Waals surface area contributed by atoms with Gasteiger partial charge in [0.1, 0.15) is 0 Å². The van der Waals surface area contributed by atoms with Gasteiger partial charge in [-0.25, -0.2) is 0 Å². The average Bonchev–Trinajstić information content (AvgIpc) is 2.67. The highest BCUT2D eigenvalue weighted by atomic mass is 16.3. The normalized spacial score (nSPS) is 20.6. The lowest BCUT2D eigenvalue weighted by atomic mass is 9.95. The molecule has 0 heterocycles. The molecule has 0 aromatic carbocycles. The average molecular weight is 199 g/mol. The standard InChI is InChI=1S/C12H25NO/c1-3-9-13(10-4-2)12(11-14)7-5-6-8-12/h14H,3-11H2,1-2H3. The summed E-state index contributed by atoms with van der Waals surface area (Å²) in [5.41, 5.74) is 0.145. The Morgan fingerprint density at radius 2 is 1.57 bits per heavy atom. The van der Waals surface area contributed by atoms with Gasteiger partial charge in [0.05, 0.1) is 6.61 Å². The molecule has 2 heteroatoms. The maximum atomic E-state index is 9.60. The van der Waals surface area contributed by atoms with E-state index in [1.165, 1.54) is 38.5 Å². The van der Waals surface area contributed by atoms with E-state index in [9.17, 15) is 5.11 Å². The van der Waals surface area contributed by atoms with Crippen LogP contribution >= 0.6 is 0 Å². The zero-order valence-electron chi connectivity index (χ0n) is 9.76. The lowest BCUT2D eigenvalue weighted by molar-refractivity contribution is 0.0335. The Hall–Kier alpha value is -0.0800. The van der Waals surface area contributed by atoms with Gasteiger partial charge < -0.3 is 5.11 Å². The van der Waals surface area contributed by atoms with E-state index in [2.05, 4.69) is 18.7 Å². The quantitative estimate of drug-likeness (QED) is 0.710. The predicted octanol–water partition coefficient (Wildman–Crippen LogP) is 2.41. The van der Waals surface area contributed by atoms with Crippen LogP contribution in [0.4, 0.5) is 0 Å². The molecule has 2 nitrogen and oxygen atoms in total. The molecule has 0 atom stereocenters. The van der Waals surface area contributed by atoms with Gasteiger partial charge in [0, 0.05) is 5.54 Å². The summed E-state index contributed by atoms with van der Waals surface area (Å²) >= 11 is 0. The third-order valence-electron chi connectivity index (χ3n) is 3.49. The molecule has 0 bridgehead atoms. The van der Waals surface area contributed by atoms with Gasteiger partial charge in [0.15, 0.2) is 0 Å². The van der Waals surface area contributed by atoms with Crippen molar-refractivity contribution in [2.45, 2.75) is 57.9 Å². The molecule has 14 heavy (non-hydrogen) atoms.